The monoisotopic (exact) mass is 225 g/mol. The molecule has 0 aliphatic carbocycles. The van der Waals surface area contributed by atoms with Gasteiger partial charge in [-0.1, -0.05) is 12.1 Å². The first-order valence-corrected chi connectivity index (χ1v) is 5.96. The highest BCUT2D eigenvalue weighted by Crippen LogP contribution is 2.27. The number of para-hydroxylation sites is 1. The first kappa shape index (κ1) is 11.5. The van der Waals surface area contributed by atoms with Gasteiger partial charge >= 0.3 is 0 Å². The molecule has 1 heterocycles. The lowest BCUT2D eigenvalue weighted by molar-refractivity contribution is 0.422. The summed E-state index contributed by atoms with van der Waals surface area (Å²) < 4.78 is 0. The maximum Gasteiger partial charge on any atom is 0.101 e. The van der Waals surface area contributed by atoms with E-state index in [-0.39, 0.29) is 0 Å². The molecule has 1 unspecified atom stereocenters. The standard InChI is InChI=1S/C14H15N3/c15-8-7-12-4-3-9-17(11-12)14-6-2-1-5-13(14)10-16/h1-2,5-6,12H,3-4,7,9,11H2. The zero-order valence-electron chi connectivity index (χ0n) is 9.76. The average molecular weight is 225 g/mol. The number of benzene rings is 1. The van der Waals surface area contributed by atoms with Gasteiger partial charge < -0.3 is 4.90 Å². The molecule has 0 aromatic heterocycles. The van der Waals surface area contributed by atoms with E-state index in [1.807, 2.05) is 24.3 Å². The molecule has 1 atom stereocenters. The van der Waals surface area contributed by atoms with Gasteiger partial charge in [0.15, 0.2) is 0 Å². The second kappa shape index (κ2) is 5.37. The van der Waals surface area contributed by atoms with Gasteiger partial charge in [0, 0.05) is 19.5 Å². The number of hydrogen-bond acceptors (Lipinski definition) is 3. The Balaban J connectivity index is 2.17. The van der Waals surface area contributed by atoms with Crippen molar-refractivity contribution in [2.24, 2.45) is 5.92 Å². The quantitative estimate of drug-likeness (QED) is 0.777. The van der Waals surface area contributed by atoms with Crippen LogP contribution in [0, 0.1) is 28.6 Å². The van der Waals surface area contributed by atoms with Gasteiger partial charge in [0.05, 0.1) is 17.3 Å². The van der Waals surface area contributed by atoms with Gasteiger partial charge in [-0.05, 0) is 30.9 Å². The molecule has 0 amide bonds. The van der Waals surface area contributed by atoms with Crippen molar-refractivity contribution >= 4 is 5.69 Å². The van der Waals surface area contributed by atoms with E-state index >= 15 is 0 Å². The third-order valence-corrected chi connectivity index (χ3v) is 3.26. The van der Waals surface area contributed by atoms with Crippen molar-refractivity contribution in [1.29, 1.82) is 10.5 Å². The smallest absolute Gasteiger partial charge is 0.101 e. The fraction of sp³-hybridized carbons (Fsp3) is 0.429. The predicted molar refractivity (Wildman–Crippen MR) is 66.3 cm³/mol. The van der Waals surface area contributed by atoms with Crippen LogP contribution in [0.1, 0.15) is 24.8 Å². The van der Waals surface area contributed by atoms with Crippen molar-refractivity contribution in [3.05, 3.63) is 29.8 Å². The second-order valence-electron chi connectivity index (χ2n) is 4.45. The van der Waals surface area contributed by atoms with Crippen LogP contribution in [0.15, 0.2) is 24.3 Å². The minimum absolute atomic E-state index is 0.445. The molecule has 3 heteroatoms. The third-order valence-electron chi connectivity index (χ3n) is 3.26. The van der Waals surface area contributed by atoms with E-state index in [0.29, 0.717) is 12.3 Å². The lowest BCUT2D eigenvalue weighted by Gasteiger charge is -2.34. The fourth-order valence-electron chi connectivity index (χ4n) is 2.42. The molecule has 0 radical (unpaired) electrons. The summed E-state index contributed by atoms with van der Waals surface area (Å²) in [6.45, 7) is 1.88. The van der Waals surface area contributed by atoms with Crippen LogP contribution in [-0.4, -0.2) is 13.1 Å². The Morgan fingerprint density at radius 1 is 1.29 bits per heavy atom. The van der Waals surface area contributed by atoms with Crippen LogP contribution in [0.4, 0.5) is 5.69 Å². The van der Waals surface area contributed by atoms with Crippen LogP contribution in [0.3, 0.4) is 0 Å². The topological polar surface area (TPSA) is 50.8 Å². The van der Waals surface area contributed by atoms with E-state index in [2.05, 4.69) is 17.0 Å². The average Bonchev–Trinajstić information content (AvgIpc) is 2.39. The molecule has 3 nitrogen and oxygen atoms in total. The molecule has 0 N–H and O–H groups in total. The molecular formula is C14H15N3. The van der Waals surface area contributed by atoms with Crippen molar-refractivity contribution in [1.82, 2.24) is 0 Å². The Hall–Kier alpha value is -2.00. The zero-order valence-corrected chi connectivity index (χ0v) is 9.76. The van der Waals surface area contributed by atoms with Crippen LogP contribution in [-0.2, 0) is 0 Å². The van der Waals surface area contributed by atoms with Gasteiger partial charge in [-0.2, -0.15) is 10.5 Å². The summed E-state index contributed by atoms with van der Waals surface area (Å²) in [7, 11) is 0. The molecule has 2 rings (SSSR count). The number of rotatable bonds is 2. The second-order valence-corrected chi connectivity index (χ2v) is 4.45. The van der Waals surface area contributed by atoms with Crippen molar-refractivity contribution < 1.29 is 0 Å². The van der Waals surface area contributed by atoms with Gasteiger partial charge in [-0.3, -0.25) is 0 Å². The molecule has 17 heavy (non-hydrogen) atoms. The minimum atomic E-state index is 0.445. The summed E-state index contributed by atoms with van der Waals surface area (Å²) in [5, 5.41) is 17.8. The highest BCUT2D eigenvalue weighted by atomic mass is 15.1. The Morgan fingerprint density at radius 2 is 2.12 bits per heavy atom. The summed E-state index contributed by atoms with van der Waals surface area (Å²) in [6.07, 6.45) is 2.84. The SMILES string of the molecule is N#CCC1CCCN(c2ccccc2C#N)C1. The van der Waals surface area contributed by atoms with E-state index < -0.39 is 0 Å². The van der Waals surface area contributed by atoms with Crippen molar-refractivity contribution in [3.63, 3.8) is 0 Å². The number of anilines is 1. The van der Waals surface area contributed by atoms with Gasteiger partial charge in [0.25, 0.3) is 0 Å². The molecule has 1 fully saturated rings. The summed E-state index contributed by atoms with van der Waals surface area (Å²) in [6, 6.07) is 12.2. The highest BCUT2D eigenvalue weighted by molar-refractivity contribution is 5.59. The molecular weight excluding hydrogens is 210 g/mol. The first-order valence-electron chi connectivity index (χ1n) is 5.96. The van der Waals surface area contributed by atoms with Crippen LogP contribution in [0.5, 0.6) is 0 Å². The minimum Gasteiger partial charge on any atom is -0.370 e. The summed E-state index contributed by atoms with van der Waals surface area (Å²) >= 11 is 0. The van der Waals surface area contributed by atoms with E-state index in [1.165, 1.54) is 0 Å². The van der Waals surface area contributed by atoms with Crippen LogP contribution >= 0.6 is 0 Å². The Morgan fingerprint density at radius 3 is 2.88 bits per heavy atom. The molecule has 0 bridgehead atoms. The molecule has 0 spiro atoms. The van der Waals surface area contributed by atoms with Crippen molar-refractivity contribution in [2.75, 3.05) is 18.0 Å². The predicted octanol–water partition coefficient (Wildman–Crippen LogP) is 2.69. The zero-order chi connectivity index (χ0) is 12.1. The number of nitrogens with zero attached hydrogens (tertiary/aromatic N) is 3. The normalized spacial score (nSPS) is 19.4. The molecule has 0 saturated carbocycles. The maximum absolute atomic E-state index is 9.09. The molecule has 86 valence electrons. The molecule has 1 aromatic carbocycles. The molecule has 1 aromatic rings. The van der Waals surface area contributed by atoms with Gasteiger partial charge in [-0.25, -0.2) is 0 Å². The van der Waals surface area contributed by atoms with E-state index in [4.69, 9.17) is 10.5 Å². The summed E-state index contributed by atoms with van der Waals surface area (Å²) in [4.78, 5) is 2.24. The molecule has 1 aliphatic heterocycles. The van der Waals surface area contributed by atoms with E-state index in [1.54, 1.807) is 0 Å². The lowest BCUT2D eigenvalue weighted by Crippen LogP contribution is -2.35. The van der Waals surface area contributed by atoms with Gasteiger partial charge in [-0.15, -0.1) is 0 Å². The highest BCUT2D eigenvalue weighted by Gasteiger charge is 2.21. The Kier molecular flexibility index (Phi) is 3.62. The van der Waals surface area contributed by atoms with E-state index in [9.17, 15) is 0 Å². The van der Waals surface area contributed by atoms with Crippen molar-refractivity contribution in [3.8, 4) is 12.1 Å². The summed E-state index contributed by atoms with van der Waals surface area (Å²) in [5.74, 6) is 0.445. The summed E-state index contributed by atoms with van der Waals surface area (Å²) in [5.41, 5.74) is 1.74. The lowest BCUT2D eigenvalue weighted by atomic mass is 9.94. The number of piperidine rings is 1. The van der Waals surface area contributed by atoms with E-state index in [0.717, 1.165) is 37.2 Å². The third kappa shape index (κ3) is 2.57. The molecule has 1 saturated heterocycles. The fourth-order valence-corrected chi connectivity index (χ4v) is 2.42. The maximum atomic E-state index is 9.09. The first-order chi connectivity index (χ1) is 8.35. The number of nitriles is 2. The van der Waals surface area contributed by atoms with Crippen LogP contribution in [0.2, 0.25) is 0 Å². The van der Waals surface area contributed by atoms with Crippen LogP contribution in [0.25, 0.3) is 0 Å². The van der Waals surface area contributed by atoms with Gasteiger partial charge in [0.2, 0.25) is 0 Å². The van der Waals surface area contributed by atoms with Gasteiger partial charge in [0.1, 0.15) is 6.07 Å². The largest absolute Gasteiger partial charge is 0.370 e. The Bertz CT molecular complexity index is 467. The van der Waals surface area contributed by atoms with Crippen LogP contribution < -0.4 is 4.90 Å². The Labute approximate surface area is 102 Å². The number of hydrogen-bond donors (Lipinski definition) is 0. The molecule has 1 aliphatic rings. The van der Waals surface area contributed by atoms with Crippen molar-refractivity contribution in [2.45, 2.75) is 19.3 Å².